The minimum absolute atomic E-state index is 0.246. The summed E-state index contributed by atoms with van der Waals surface area (Å²) >= 11 is 0. The van der Waals surface area contributed by atoms with Crippen molar-refractivity contribution in [2.24, 2.45) is 0 Å². The van der Waals surface area contributed by atoms with Crippen molar-refractivity contribution in [3.8, 4) is 0 Å². The Hall–Kier alpha value is -1.55. The number of nitrogens with zero attached hydrogens (tertiary/aromatic N) is 2. The summed E-state index contributed by atoms with van der Waals surface area (Å²) in [6.45, 7) is 4.56. The number of carboxylic acids is 1. The number of carboxylic acid groups (broad SMARTS) is 1. The zero-order valence-corrected chi connectivity index (χ0v) is 13.9. The second kappa shape index (κ2) is 7.82. The predicted molar refractivity (Wildman–Crippen MR) is 93.2 cm³/mol. The van der Waals surface area contributed by atoms with Crippen LogP contribution in [0.1, 0.15) is 50.0 Å². The van der Waals surface area contributed by atoms with Crippen LogP contribution in [0.2, 0.25) is 0 Å². The van der Waals surface area contributed by atoms with E-state index in [9.17, 15) is 4.79 Å². The highest BCUT2D eigenvalue weighted by Gasteiger charge is 2.19. The molecule has 1 aromatic carbocycles. The van der Waals surface area contributed by atoms with Gasteiger partial charge in [-0.05, 0) is 36.5 Å². The maximum atomic E-state index is 10.7. The van der Waals surface area contributed by atoms with Crippen molar-refractivity contribution in [3.05, 3.63) is 29.8 Å². The SMILES string of the molecule is O=C(O)CCN1CCN(c2ccc(C3CCCCC3)cc2)CC1. The van der Waals surface area contributed by atoms with Crippen LogP contribution in [0.4, 0.5) is 5.69 Å². The second-order valence-electron chi connectivity index (χ2n) is 6.90. The standard InChI is InChI=1S/C19H28N2O2/c22-19(23)10-11-20-12-14-21(15-13-20)18-8-6-17(7-9-18)16-4-2-1-3-5-16/h6-9,16H,1-5,10-15H2,(H,22,23). The lowest BCUT2D eigenvalue weighted by Gasteiger charge is -2.36. The molecule has 0 spiro atoms. The van der Waals surface area contributed by atoms with Gasteiger partial charge in [0.25, 0.3) is 0 Å². The van der Waals surface area contributed by atoms with Crippen molar-refractivity contribution >= 4 is 11.7 Å². The first-order chi connectivity index (χ1) is 11.2. The molecule has 1 N–H and O–H groups in total. The molecule has 3 rings (SSSR count). The van der Waals surface area contributed by atoms with Gasteiger partial charge in [-0.15, -0.1) is 0 Å². The summed E-state index contributed by atoms with van der Waals surface area (Å²) in [6.07, 6.45) is 7.11. The largest absolute Gasteiger partial charge is 0.481 e. The highest BCUT2D eigenvalue weighted by Crippen LogP contribution is 2.33. The van der Waals surface area contributed by atoms with Crippen molar-refractivity contribution in [2.75, 3.05) is 37.6 Å². The van der Waals surface area contributed by atoms with Crippen LogP contribution in [0, 0.1) is 0 Å². The van der Waals surface area contributed by atoms with Crippen LogP contribution in [0.3, 0.4) is 0 Å². The number of carbonyl (C=O) groups is 1. The van der Waals surface area contributed by atoms with Crippen molar-refractivity contribution in [2.45, 2.75) is 44.4 Å². The fraction of sp³-hybridized carbons (Fsp3) is 0.632. The Morgan fingerprint density at radius 2 is 1.65 bits per heavy atom. The molecule has 2 aliphatic rings. The van der Waals surface area contributed by atoms with E-state index in [0.717, 1.165) is 32.1 Å². The van der Waals surface area contributed by atoms with Gasteiger partial charge in [-0.3, -0.25) is 9.69 Å². The van der Waals surface area contributed by atoms with Gasteiger partial charge in [-0.2, -0.15) is 0 Å². The van der Waals surface area contributed by atoms with Gasteiger partial charge in [0.2, 0.25) is 0 Å². The van der Waals surface area contributed by atoms with Crippen LogP contribution in [0.25, 0.3) is 0 Å². The summed E-state index contributed by atoms with van der Waals surface area (Å²) in [7, 11) is 0. The van der Waals surface area contributed by atoms with Crippen molar-refractivity contribution in [3.63, 3.8) is 0 Å². The molecule has 2 fully saturated rings. The average Bonchev–Trinajstić information content (AvgIpc) is 2.61. The van der Waals surface area contributed by atoms with E-state index < -0.39 is 5.97 Å². The minimum atomic E-state index is -0.703. The Labute approximate surface area is 139 Å². The molecular weight excluding hydrogens is 288 g/mol. The molecule has 23 heavy (non-hydrogen) atoms. The molecular formula is C19H28N2O2. The van der Waals surface area contributed by atoms with Crippen LogP contribution in [0.5, 0.6) is 0 Å². The number of rotatable bonds is 5. The summed E-state index contributed by atoms with van der Waals surface area (Å²) < 4.78 is 0. The molecule has 0 unspecified atom stereocenters. The lowest BCUT2D eigenvalue weighted by molar-refractivity contribution is -0.137. The number of hydrogen-bond acceptors (Lipinski definition) is 3. The molecule has 0 amide bonds. The van der Waals surface area contributed by atoms with Crippen LogP contribution in [-0.4, -0.2) is 48.7 Å². The first-order valence-corrected chi connectivity index (χ1v) is 9.01. The summed E-state index contributed by atoms with van der Waals surface area (Å²) in [5.74, 6) is 0.0661. The second-order valence-corrected chi connectivity index (χ2v) is 6.90. The quantitative estimate of drug-likeness (QED) is 0.905. The average molecular weight is 316 g/mol. The van der Waals surface area contributed by atoms with E-state index in [2.05, 4.69) is 34.1 Å². The molecule has 0 radical (unpaired) electrons. The fourth-order valence-corrected chi connectivity index (χ4v) is 3.88. The zero-order valence-electron chi connectivity index (χ0n) is 13.9. The predicted octanol–water partition coefficient (Wildman–Crippen LogP) is 3.33. The Balaban J connectivity index is 1.51. The summed E-state index contributed by atoms with van der Waals surface area (Å²) in [4.78, 5) is 15.3. The maximum Gasteiger partial charge on any atom is 0.304 e. The van der Waals surface area contributed by atoms with Gasteiger partial charge in [0.15, 0.2) is 0 Å². The Kier molecular flexibility index (Phi) is 5.55. The zero-order chi connectivity index (χ0) is 16.1. The lowest BCUT2D eigenvalue weighted by atomic mass is 9.84. The van der Waals surface area contributed by atoms with Gasteiger partial charge in [0, 0.05) is 38.4 Å². The summed E-state index contributed by atoms with van der Waals surface area (Å²) in [6, 6.07) is 9.19. The number of aliphatic carboxylic acids is 1. The molecule has 0 bridgehead atoms. The first kappa shape index (κ1) is 16.3. The monoisotopic (exact) mass is 316 g/mol. The fourth-order valence-electron chi connectivity index (χ4n) is 3.88. The van der Waals surface area contributed by atoms with E-state index in [1.54, 1.807) is 0 Å². The van der Waals surface area contributed by atoms with Crippen LogP contribution in [-0.2, 0) is 4.79 Å². The third kappa shape index (κ3) is 4.47. The molecule has 4 heteroatoms. The topological polar surface area (TPSA) is 43.8 Å². The van der Waals surface area contributed by atoms with E-state index in [4.69, 9.17) is 5.11 Å². The lowest BCUT2D eigenvalue weighted by Crippen LogP contribution is -2.46. The first-order valence-electron chi connectivity index (χ1n) is 9.01. The maximum absolute atomic E-state index is 10.7. The van der Waals surface area contributed by atoms with Crippen LogP contribution < -0.4 is 4.90 Å². The molecule has 1 saturated heterocycles. The van der Waals surface area contributed by atoms with Gasteiger partial charge in [-0.1, -0.05) is 31.4 Å². The molecule has 1 aromatic rings. The van der Waals surface area contributed by atoms with E-state index in [-0.39, 0.29) is 6.42 Å². The smallest absolute Gasteiger partial charge is 0.304 e. The molecule has 126 valence electrons. The van der Waals surface area contributed by atoms with Gasteiger partial charge in [-0.25, -0.2) is 0 Å². The van der Waals surface area contributed by atoms with Crippen LogP contribution >= 0.6 is 0 Å². The van der Waals surface area contributed by atoms with Crippen molar-refractivity contribution in [1.82, 2.24) is 4.90 Å². The number of piperazine rings is 1. The molecule has 1 saturated carbocycles. The van der Waals surface area contributed by atoms with Crippen molar-refractivity contribution < 1.29 is 9.90 Å². The number of hydrogen-bond donors (Lipinski definition) is 1. The molecule has 0 aromatic heterocycles. The summed E-state index contributed by atoms with van der Waals surface area (Å²) in [5, 5.41) is 8.77. The Bertz CT molecular complexity index is 501. The summed E-state index contributed by atoms with van der Waals surface area (Å²) in [5.41, 5.74) is 2.82. The van der Waals surface area contributed by atoms with E-state index in [1.807, 2.05) is 0 Å². The van der Waals surface area contributed by atoms with Gasteiger partial charge >= 0.3 is 5.97 Å². The number of anilines is 1. The van der Waals surface area contributed by atoms with E-state index in [0.29, 0.717) is 6.54 Å². The Morgan fingerprint density at radius 3 is 2.26 bits per heavy atom. The highest BCUT2D eigenvalue weighted by atomic mass is 16.4. The van der Waals surface area contributed by atoms with Gasteiger partial charge in [0.1, 0.15) is 0 Å². The van der Waals surface area contributed by atoms with Gasteiger partial charge in [0.05, 0.1) is 6.42 Å². The van der Waals surface area contributed by atoms with Gasteiger partial charge < -0.3 is 10.0 Å². The Morgan fingerprint density at radius 1 is 1.00 bits per heavy atom. The molecule has 1 heterocycles. The van der Waals surface area contributed by atoms with E-state index >= 15 is 0 Å². The van der Waals surface area contributed by atoms with Crippen LogP contribution in [0.15, 0.2) is 24.3 Å². The third-order valence-corrected chi connectivity index (χ3v) is 5.35. The van der Waals surface area contributed by atoms with E-state index in [1.165, 1.54) is 43.4 Å². The molecule has 1 aliphatic heterocycles. The molecule has 4 nitrogen and oxygen atoms in total. The molecule has 1 aliphatic carbocycles. The highest BCUT2D eigenvalue weighted by molar-refractivity contribution is 5.66. The third-order valence-electron chi connectivity index (χ3n) is 5.35. The minimum Gasteiger partial charge on any atom is -0.481 e. The van der Waals surface area contributed by atoms with Crippen molar-refractivity contribution in [1.29, 1.82) is 0 Å². The normalized spacial score (nSPS) is 20.6. The number of benzene rings is 1. The molecule has 0 atom stereocenters.